The van der Waals surface area contributed by atoms with Crippen LogP contribution in [0.2, 0.25) is 0 Å². The van der Waals surface area contributed by atoms with Gasteiger partial charge in [0.1, 0.15) is 6.04 Å². The predicted octanol–water partition coefficient (Wildman–Crippen LogP) is 2.70. The molecule has 4 aliphatic rings. The number of carbonyl (C=O) groups excluding carboxylic acids is 3. The van der Waals surface area contributed by atoms with E-state index < -0.39 is 34.2 Å². The lowest BCUT2D eigenvalue weighted by atomic mass is 9.78. The van der Waals surface area contributed by atoms with Gasteiger partial charge in [-0.15, -0.1) is 11.8 Å². The molecule has 0 aromatic carbocycles. The molecule has 2 saturated heterocycles. The van der Waals surface area contributed by atoms with Crippen molar-refractivity contribution >= 4 is 29.5 Å². The highest BCUT2D eigenvalue weighted by molar-refractivity contribution is 8.02. The van der Waals surface area contributed by atoms with Gasteiger partial charge in [0.15, 0.2) is 0 Å². The summed E-state index contributed by atoms with van der Waals surface area (Å²) in [6.45, 7) is 13.6. The lowest BCUT2D eigenvalue weighted by molar-refractivity contribution is -0.149. The number of rotatable bonds is 6. The molecule has 8 heteroatoms. The van der Waals surface area contributed by atoms with E-state index in [1.54, 1.807) is 16.7 Å². The third kappa shape index (κ3) is 4.05. The van der Waals surface area contributed by atoms with Crippen LogP contribution in [0.3, 0.4) is 0 Å². The molecule has 1 unspecified atom stereocenters. The highest BCUT2D eigenvalue weighted by atomic mass is 32.2. The molecule has 2 fully saturated rings. The summed E-state index contributed by atoms with van der Waals surface area (Å²) in [5.41, 5.74) is -0.425. The van der Waals surface area contributed by atoms with Gasteiger partial charge in [-0.3, -0.25) is 14.4 Å². The van der Waals surface area contributed by atoms with Crippen LogP contribution < -0.4 is 0 Å². The Kier molecular flexibility index (Phi) is 7.19. The molecule has 4 rings (SSSR count). The summed E-state index contributed by atoms with van der Waals surface area (Å²) in [6, 6.07) is -1.22. The first-order valence-electron chi connectivity index (χ1n) is 13.1. The summed E-state index contributed by atoms with van der Waals surface area (Å²) in [6.07, 6.45) is 9.81. The van der Waals surface area contributed by atoms with Crippen molar-refractivity contribution in [3.05, 3.63) is 24.3 Å². The van der Waals surface area contributed by atoms with E-state index in [2.05, 4.69) is 19.1 Å². The molecule has 0 radical (unpaired) electrons. The SMILES string of the molecule is CCCN1CC=C[C@H]2S[C@]34C=CCN(C(C)(C)C)C(=O)C3N([C@@H](CO)[C@@H](C)CC)C(=O)[C@@H]4[C@H]2C1=O. The molecular weight excluding hydrogens is 462 g/mol. The fourth-order valence-corrected chi connectivity index (χ4v) is 8.37. The Balaban J connectivity index is 1.88. The summed E-state index contributed by atoms with van der Waals surface area (Å²) < 4.78 is -0.834. The summed E-state index contributed by atoms with van der Waals surface area (Å²) >= 11 is 1.61. The molecule has 0 aromatic heterocycles. The first-order chi connectivity index (χ1) is 16.5. The van der Waals surface area contributed by atoms with Crippen LogP contribution in [-0.2, 0) is 14.4 Å². The quantitative estimate of drug-likeness (QED) is 0.564. The Morgan fingerprint density at radius 1 is 1.11 bits per heavy atom. The van der Waals surface area contributed by atoms with E-state index >= 15 is 0 Å². The molecule has 1 N–H and O–H groups in total. The molecule has 7 nitrogen and oxygen atoms in total. The molecule has 3 amide bonds. The zero-order chi connectivity index (χ0) is 25.7. The van der Waals surface area contributed by atoms with Gasteiger partial charge in [-0.25, -0.2) is 0 Å². The van der Waals surface area contributed by atoms with E-state index in [-0.39, 0.29) is 35.5 Å². The highest BCUT2D eigenvalue weighted by Gasteiger charge is 2.72. The number of aliphatic hydroxyl groups is 1. The zero-order valence-corrected chi connectivity index (χ0v) is 22.8. The van der Waals surface area contributed by atoms with Crippen LogP contribution in [0.4, 0.5) is 0 Å². The minimum atomic E-state index is -0.834. The van der Waals surface area contributed by atoms with Gasteiger partial charge in [0.25, 0.3) is 0 Å². The Morgan fingerprint density at radius 3 is 2.43 bits per heavy atom. The smallest absolute Gasteiger partial charge is 0.247 e. The van der Waals surface area contributed by atoms with Crippen molar-refractivity contribution in [1.29, 1.82) is 0 Å². The molecule has 0 aromatic rings. The first-order valence-corrected chi connectivity index (χ1v) is 14.0. The molecule has 0 bridgehead atoms. The lowest BCUT2D eigenvalue weighted by Gasteiger charge is -2.43. The van der Waals surface area contributed by atoms with Crippen LogP contribution in [0, 0.1) is 17.8 Å². The van der Waals surface area contributed by atoms with Crippen LogP contribution >= 0.6 is 11.8 Å². The average molecular weight is 504 g/mol. The van der Waals surface area contributed by atoms with Crippen LogP contribution in [0.15, 0.2) is 24.3 Å². The maximum atomic E-state index is 14.4. The Hall–Kier alpha value is -1.80. The van der Waals surface area contributed by atoms with Gasteiger partial charge in [0.05, 0.1) is 29.2 Å². The van der Waals surface area contributed by atoms with Gasteiger partial charge in [-0.05, 0) is 33.1 Å². The van der Waals surface area contributed by atoms with E-state index in [1.165, 1.54) is 0 Å². The molecular formula is C27H41N3O4S. The van der Waals surface area contributed by atoms with Crippen molar-refractivity contribution in [2.24, 2.45) is 17.8 Å². The van der Waals surface area contributed by atoms with E-state index in [0.717, 1.165) is 12.8 Å². The Labute approximate surface area is 214 Å². The second-order valence-electron chi connectivity index (χ2n) is 11.5. The second kappa shape index (κ2) is 9.58. The van der Waals surface area contributed by atoms with E-state index in [9.17, 15) is 19.5 Å². The van der Waals surface area contributed by atoms with Gasteiger partial charge < -0.3 is 19.8 Å². The number of hydrogen-bond acceptors (Lipinski definition) is 5. The number of nitrogens with zero attached hydrogens (tertiary/aromatic N) is 3. The van der Waals surface area contributed by atoms with E-state index in [0.29, 0.717) is 19.6 Å². The van der Waals surface area contributed by atoms with Crippen LogP contribution in [0.25, 0.3) is 0 Å². The number of carbonyl (C=O) groups is 3. The van der Waals surface area contributed by atoms with Crippen molar-refractivity contribution in [2.45, 2.75) is 82.0 Å². The average Bonchev–Trinajstić information content (AvgIpc) is 3.11. The molecule has 0 saturated carbocycles. The van der Waals surface area contributed by atoms with Gasteiger partial charge in [0, 0.05) is 30.4 Å². The van der Waals surface area contributed by atoms with Crippen molar-refractivity contribution in [1.82, 2.24) is 14.7 Å². The predicted molar refractivity (Wildman–Crippen MR) is 139 cm³/mol. The second-order valence-corrected chi connectivity index (χ2v) is 12.9. The molecule has 35 heavy (non-hydrogen) atoms. The maximum absolute atomic E-state index is 14.4. The van der Waals surface area contributed by atoms with Crippen molar-refractivity contribution < 1.29 is 19.5 Å². The molecule has 4 aliphatic heterocycles. The number of likely N-dealkylation sites (tertiary alicyclic amines) is 1. The van der Waals surface area contributed by atoms with E-state index in [1.807, 2.05) is 56.6 Å². The molecule has 4 heterocycles. The van der Waals surface area contributed by atoms with Crippen LogP contribution in [-0.4, -0.2) is 91.4 Å². The zero-order valence-electron chi connectivity index (χ0n) is 21.9. The summed E-state index contributed by atoms with van der Waals surface area (Å²) in [4.78, 5) is 47.9. The van der Waals surface area contributed by atoms with Crippen molar-refractivity contribution in [3.8, 4) is 0 Å². The minimum Gasteiger partial charge on any atom is -0.394 e. The van der Waals surface area contributed by atoms with Crippen LogP contribution in [0.5, 0.6) is 0 Å². The van der Waals surface area contributed by atoms with Crippen molar-refractivity contribution in [2.75, 3.05) is 26.2 Å². The number of amides is 3. The number of aliphatic hydroxyl groups excluding tert-OH is 1. The fraction of sp³-hybridized carbons (Fsp3) is 0.741. The summed E-state index contributed by atoms with van der Waals surface area (Å²) in [7, 11) is 0. The standard InChI is InChI=1S/C27H41N3O4S/c1-7-13-28-14-9-11-19-20(23(28)32)21-24(33)30(18(16-31)17(3)8-2)22-25(34)29(26(4,5)6)15-10-12-27(21,22)35-19/h9-12,17-22,31H,7-8,13-16H2,1-6H3/t17-,18-,19+,20-,21-,22?,27-/m0/s1. The summed E-state index contributed by atoms with van der Waals surface area (Å²) in [5.74, 6) is -1.37. The molecule has 1 spiro atoms. The number of fused-ring (bicyclic) bond motifs is 2. The van der Waals surface area contributed by atoms with Gasteiger partial charge in [-0.2, -0.15) is 0 Å². The third-order valence-electron chi connectivity index (χ3n) is 8.33. The number of thioether (sulfide) groups is 1. The number of hydrogen-bond donors (Lipinski definition) is 1. The minimum absolute atomic E-state index is 0.00652. The van der Waals surface area contributed by atoms with Crippen molar-refractivity contribution in [3.63, 3.8) is 0 Å². The Bertz CT molecular complexity index is 928. The third-order valence-corrected chi connectivity index (χ3v) is 10.1. The largest absolute Gasteiger partial charge is 0.394 e. The topological polar surface area (TPSA) is 81.2 Å². The Morgan fingerprint density at radius 2 is 1.83 bits per heavy atom. The molecule has 7 atom stereocenters. The normalized spacial score (nSPS) is 34.5. The fourth-order valence-electron chi connectivity index (χ4n) is 6.37. The first kappa shape index (κ1) is 26.3. The van der Waals surface area contributed by atoms with Gasteiger partial charge >= 0.3 is 0 Å². The van der Waals surface area contributed by atoms with E-state index in [4.69, 9.17) is 0 Å². The molecule has 194 valence electrons. The van der Waals surface area contributed by atoms with Gasteiger partial charge in [0.2, 0.25) is 17.7 Å². The summed E-state index contributed by atoms with van der Waals surface area (Å²) in [5, 5.41) is 10.3. The lowest BCUT2D eigenvalue weighted by Crippen LogP contribution is -2.60. The highest BCUT2D eigenvalue weighted by Crippen LogP contribution is 2.61. The maximum Gasteiger partial charge on any atom is 0.247 e. The monoisotopic (exact) mass is 503 g/mol. The van der Waals surface area contributed by atoms with Crippen LogP contribution in [0.1, 0.15) is 54.4 Å². The molecule has 0 aliphatic carbocycles. The van der Waals surface area contributed by atoms with Gasteiger partial charge in [-0.1, -0.05) is 51.5 Å².